The van der Waals surface area contributed by atoms with Crippen molar-refractivity contribution < 1.29 is 0 Å². The normalized spacial score (nSPS) is 12.4. The smallest absolute Gasteiger partial charge is 0.00206 e. The Kier molecular flexibility index (Phi) is 5.62. The van der Waals surface area contributed by atoms with Gasteiger partial charge in [0.25, 0.3) is 0 Å². The Hall–Kier alpha value is -5.20. The molecule has 0 N–H and O–H groups in total. The fourth-order valence-electron chi connectivity index (χ4n) is 7.45. The molecule has 0 spiro atoms. The quantitative estimate of drug-likeness (QED) is 0.183. The molecule has 0 fully saturated rings. The molecule has 0 radical (unpaired) electrons. The molecule has 0 saturated heterocycles. The van der Waals surface area contributed by atoms with Gasteiger partial charge in [-0.1, -0.05) is 142 Å². The van der Waals surface area contributed by atoms with Gasteiger partial charge in [0.15, 0.2) is 0 Å². The lowest BCUT2D eigenvalue weighted by atomic mass is 9.79. The van der Waals surface area contributed by atoms with E-state index in [1.807, 2.05) is 0 Å². The Morgan fingerprint density at radius 2 is 0.933 bits per heavy atom. The molecule has 0 amide bonds. The van der Waals surface area contributed by atoms with Crippen LogP contribution in [-0.4, -0.2) is 0 Å². The predicted molar refractivity (Wildman–Crippen MR) is 197 cm³/mol. The van der Waals surface area contributed by atoms with Crippen LogP contribution in [0.1, 0.15) is 32.8 Å². The minimum absolute atomic E-state index is 0.157. The summed E-state index contributed by atoms with van der Waals surface area (Å²) in [6.45, 7) is 6.99. The van der Waals surface area contributed by atoms with Gasteiger partial charge in [0.2, 0.25) is 0 Å². The molecule has 0 heterocycles. The van der Waals surface area contributed by atoms with Crippen LogP contribution < -0.4 is 0 Å². The zero-order valence-electron chi connectivity index (χ0n) is 26.0. The van der Waals surface area contributed by atoms with E-state index >= 15 is 0 Å². The molecule has 0 saturated carbocycles. The van der Waals surface area contributed by atoms with E-state index in [1.54, 1.807) is 0 Å². The second-order valence-electron chi connectivity index (χ2n) is 13.4. The number of hydrogen-bond donors (Lipinski definition) is 0. The molecule has 0 aliphatic carbocycles. The topological polar surface area (TPSA) is 0 Å². The molecule has 0 atom stereocenters. The Morgan fingerprint density at radius 3 is 1.73 bits per heavy atom. The van der Waals surface area contributed by atoms with Gasteiger partial charge in [-0.05, 0) is 122 Å². The summed E-state index contributed by atoms with van der Waals surface area (Å²) < 4.78 is 0. The number of rotatable bonds is 4. The van der Waals surface area contributed by atoms with Crippen molar-refractivity contribution in [3.8, 4) is 22.3 Å². The van der Waals surface area contributed by atoms with E-state index in [9.17, 15) is 0 Å². The fourth-order valence-corrected chi connectivity index (χ4v) is 7.45. The van der Waals surface area contributed by atoms with Crippen LogP contribution in [0.25, 0.3) is 86.9 Å². The zero-order valence-corrected chi connectivity index (χ0v) is 26.0. The van der Waals surface area contributed by atoms with Crippen molar-refractivity contribution in [2.45, 2.75) is 32.6 Å². The van der Waals surface area contributed by atoms with Gasteiger partial charge in [-0.3, -0.25) is 0 Å². The molecule has 9 aromatic carbocycles. The lowest BCUT2D eigenvalue weighted by Crippen LogP contribution is -2.15. The lowest BCUT2D eigenvalue weighted by Gasteiger charge is -2.25. The van der Waals surface area contributed by atoms with Gasteiger partial charge in [0.1, 0.15) is 0 Å². The van der Waals surface area contributed by atoms with Crippen LogP contribution in [0.2, 0.25) is 0 Å². The van der Waals surface area contributed by atoms with Crippen LogP contribution in [0.5, 0.6) is 0 Å². The molecule has 0 nitrogen and oxygen atoms in total. The Labute approximate surface area is 263 Å². The van der Waals surface area contributed by atoms with Crippen LogP contribution in [0.15, 0.2) is 140 Å². The highest BCUT2D eigenvalue weighted by Gasteiger charge is 2.21. The van der Waals surface area contributed by atoms with Gasteiger partial charge in [0.05, 0.1) is 0 Å². The summed E-state index contributed by atoms with van der Waals surface area (Å²) in [6, 6.07) is 52.6. The summed E-state index contributed by atoms with van der Waals surface area (Å²) in [4.78, 5) is 0. The van der Waals surface area contributed by atoms with Gasteiger partial charge >= 0.3 is 0 Å². The van der Waals surface area contributed by atoms with Crippen LogP contribution in [0.4, 0.5) is 0 Å². The maximum atomic E-state index is 2.42. The molecule has 214 valence electrons. The molecule has 45 heavy (non-hydrogen) atoms. The number of hydrogen-bond acceptors (Lipinski definition) is 0. The molecule has 9 rings (SSSR count). The van der Waals surface area contributed by atoms with Gasteiger partial charge in [-0.15, -0.1) is 0 Å². The van der Waals surface area contributed by atoms with Crippen LogP contribution in [0, 0.1) is 0 Å². The Morgan fingerprint density at radius 1 is 0.400 bits per heavy atom. The first-order valence-corrected chi connectivity index (χ1v) is 16.1. The van der Waals surface area contributed by atoms with E-state index in [4.69, 9.17) is 0 Å². The van der Waals surface area contributed by atoms with Crippen molar-refractivity contribution >= 4 is 64.6 Å². The summed E-state index contributed by atoms with van der Waals surface area (Å²) in [5, 5.41) is 15.8. The molecule has 0 unspecified atom stereocenters. The summed E-state index contributed by atoms with van der Waals surface area (Å²) in [6.07, 6.45) is 1.12. The predicted octanol–water partition coefficient (Wildman–Crippen LogP) is 13.1. The zero-order chi connectivity index (χ0) is 30.3. The van der Waals surface area contributed by atoms with Crippen molar-refractivity contribution in [3.63, 3.8) is 0 Å². The third-order valence-electron chi connectivity index (χ3n) is 10.5. The maximum Gasteiger partial charge on any atom is -0.00206 e. The van der Waals surface area contributed by atoms with E-state index in [2.05, 4.69) is 160 Å². The second-order valence-corrected chi connectivity index (χ2v) is 13.4. The Bertz CT molecular complexity index is 2580. The number of benzene rings is 9. The van der Waals surface area contributed by atoms with E-state index in [1.165, 1.54) is 92.5 Å². The Balaban J connectivity index is 1.14. The van der Waals surface area contributed by atoms with Gasteiger partial charge in [-0.2, -0.15) is 0 Å². The van der Waals surface area contributed by atoms with Crippen LogP contribution in [-0.2, 0) is 5.41 Å². The first kappa shape index (κ1) is 26.2. The van der Waals surface area contributed by atoms with Crippen molar-refractivity contribution in [1.29, 1.82) is 0 Å². The minimum Gasteiger partial charge on any atom is -0.0646 e. The van der Waals surface area contributed by atoms with E-state index < -0.39 is 0 Å². The molecule has 0 heteroatoms. The van der Waals surface area contributed by atoms with Gasteiger partial charge in [0, 0.05) is 0 Å². The molecule has 0 aliphatic heterocycles. The summed E-state index contributed by atoms with van der Waals surface area (Å²) in [7, 11) is 0. The average Bonchev–Trinajstić information content (AvgIpc) is 3.09. The van der Waals surface area contributed by atoms with Crippen molar-refractivity contribution in [2.24, 2.45) is 0 Å². The van der Waals surface area contributed by atoms with Crippen molar-refractivity contribution in [3.05, 3.63) is 145 Å². The summed E-state index contributed by atoms with van der Waals surface area (Å²) in [5.74, 6) is 0. The summed E-state index contributed by atoms with van der Waals surface area (Å²) >= 11 is 0. The van der Waals surface area contributed by atoms with Crippen LogP contribution >= 0.6 is 0 Å². The van der Waals surface area contributed by atoms with Crippen molar-refractivity contribution in [1.82, 2.24) is 0 Å². The monoisotopic (exact) mass is 574 g/mol. The molecular formula is C45H34. The van der Waals surface area contributed by atoms with Crippen LogP contribution in [0.3, 0.4) is 0 Å². The largest absolute Gasteiger partial charge is 0.0646 e. The minimum atomic E-state index is 0.157. The first-order chi connectivity index (χ1) is 22.0. The standard InChI is InChI=1S/C45H34/c1-4-45(2,3)38-26-36-16-10-29-17-20-41(42-22-19-37(27-38)43(36)44(29)42)35-15-13-31-23-30(11-12-32(31)24-35)33-18-21-40-34(25-33)14-9-28-7-5-6-8-39(28)40/h5-27H,4H2,1-3H3. The molecule has 9 aromatic rings. The second kappa shape index (κ2) is 9.65. The highest BCUT2D eigenvalue weighted by atomic mass is 14.2. The third kappa shape index (κ3) is 4.06. The van der Waals surface area contributed by atoms with Gasteiger partial charge < -0.3 is 0 Å². The third-order valence-corrected chi connectivity index (χ3v) is 10.5. The van der Waals surface area contributed by atoms with Crippen molar-refractivity contribution in [2.75, 3.05) is 0 Å². The number of fused-ring (bicyclic) bond motifs is 4. The summed E-state index contributed by atoms with van der Waals surface area (Å²) in [5.41, 5.74) is 6.63. The molecule has 0 aromatic heterocycles. The van der Waals surface area contributed by atoms with E-state index in [0.29, 0.717) is 0 Å². The van der Waals surface area contributed by atoms with E-state index in [-0.39, 0.29) is 5.41 Å². The first-order valence-electron chi connectivity index (χ1n) is 16.1. The lowest BCUT2D eigenvalue weighted by molar-refractivity contribution is 0.507. The van der Waals surface area contributed by atoms with E-state index in [0.717, 1.165) is 6.42 Å². The SMILES string of the molecule is CCC(C)(C)c1cc2ccc3ccc(-c4ccc5cc(-c6ccc7c(ccc8ccccc87)c6)ccc5c4)c4ccc(c1)c2c34. The maximum absolute atomic E-state index is 2.42. The highest BCUT2D eigenvalue weighted by molar-refractivity contribution is 6.25. The molecule has 0 aliphatic rings. The van der Waals surface area contributed by atoms with Gasteiger partial charge in [-0.25, -0.2) is 0 Å². The molecular weight excluding hydrogens is 540 g/mol. The highest BCUT2D eigenvalue weighted by Crippen LogP contribution is 2.42. The average molecular weight is 575 g/mol. The fraction of sp³-hybridized carbons (Fsp3) is 0.111. The molecule has 0 bridgehead atoms.